The van der Waals surface area contributed by atoms with Gasteiger partial charge in [-0.2, -0.15) is 0 Å². The van der Waals surface area contributed by atoms with Crippen molar-refractivity contribution >= 4 is 23.7 Å². The van der Waals surface area contributed by atoms with Crippen LogP contribution in [-0.4, -0.2) is 9.97 Å². The zero-order valence-electron chi connectivity index (χ0n) is 9.22. The summed E-state index contributed by atoms with van der Waals surface area (Å²) in [4.78, 5) is 7.52. The summed E-state index contributed by atoms with van der Waals surface area (Å²) < 4.78 is 0. The van der Waals surface area contributed by atoms with Crippen molar-refractivity contribution in [1.29, 1.82) is 0 Å². The van der Waals surface area contributed by atoms with E-state index in [4.69, 9.17) is 0 Å². The van der Waals surface area contributed by atoms with Crippen LogP contribution in [0.3, 0.4) is 0 Å². The Morgan fingerprint density at radius 1 is 1.00 bits per heavy atom. The zero-order valence-corrected chi connectivity index (χ0v) is 10.1. The van der Waals surface area contributed by atoms with Gasteiger partial charge in [0.05, 0.1) is 11.0 Å². The third kappa shape index (κ3) is 2.06. The molecule has 0 fully saturated rings. The van der Waals surface area contributed by atoms with Crippen molar-refractivity contribution < 1.29 is 0 Å². The van der Waals surface area contributed by atoms with Crippen LogP contribution in [0, 0.1) is 0 Å². The summed E-state index contributed by atoms with van der Waals surface area (Å²) in [6.07, 6.45) is 0.910. The van der Waals surface area contributed by atoms with E-state index >= 15 is 0 Å². The van der Waals surface area contributed by atoms with Crippen molar-refractivity contribution in [3.8, 4) is 0 Å². The van der Waals surface area contributed by atoms with Crippen LogP contribution in [-0.2, 0) is 6.42 Å². The molecule has 3 rings (SSSR count). The van der Waals surface area contributed by atoms with Gasteiger partial charge in [0.2, 0.25) is 0 Å². The summed E-state index contributed by atoms with van der Waals surface area (Å²) in [7, 11) is 0. The summed E-state index contributed by atoms with van der Waals surface area (Å²) >= 11 is 4.25. The van der Waals surface area contributed by atoms with E-state index in [0.717, 1.165) is 17.5 Å². The summed E-state index contributed by atoms with van der Waals surface area (Å²) in [6.45, 7) is 0. The van der Waals surface area contributed by atoms with E-state index in [1.54, 1.807) is 0 Å². The van der Waals surface area contributed by atoms with Crippen molar-refractivity contribution in [2.24, 2.45) is 0 Å². The van der Waals surface area contributed by atoms with Crippen LogP contribution < -0.4 is 0 Å². The molecule has 0 aliphatic carbocycles. The molecule has 0 bridgehead atoms. The lowest BCUT2D eigenvalue weighted by atomic mass is 10.0. The number of aromatic amines is 1. The molecular weight excluding hydrogens is 228 g/mol. The maximum atomic E-state index is 4.32. The molecule has 2 nitrogen and oxygen atoms in total. The highest BCUT2D eigenvalue weighted by molar-refractivity contribution is 7.80. The number of imidazole rings is 1. The summed E-state index contributed by atoms with van der Waals surface area (Å²) in [5.41, 5.74) is 4.61. The van der Waals surface area contributed by atoms with Crippen LogP contribution in [0.2, 0.25) is 0 Å². The second kappa shape index (κ2) is 4.26. The molecule has 1 aromatic heterocycles. The Kier molecular flexibility index (Phi) is 2.61. The second-order valence-electron chi connectivity index (χ2n) is 4.03. The minimum atomic E-state index is 0.667. The van der Waals surface area contributed by atoms with Crippen molar-refractivity contribution in [3.63, 3.8) is 0 Å². The smallest absolute Gasteiger partial charge is 0.163 e. The quantitative estimate of drug-likeness (QED) is 0.660. The molecule has 0 aliphatic rings. The predicted molar refractivity (Wildman–Crippen MR) is 72.6 cm³/mol. The summed E-state index contributed by atoms with van der Waals surface area (Å²) in [5.74, 6) is 0. The van der Waals surface area contributed by atoms with Gasteiger partial charge < -0.3 is 4.98 Å². The third-order valence-corrected chi connectivity index (χ3v) is 3.04. The first kappa shape index (κ1) is 10.4. The molecule has 3 aromatic rings. The molecule has 1 N–H and O–H groups in total. The molecule has 0 saturated heterocycles. The minimum absolute atomic E-state index is 0.667. The van der Waals surface area contributed by atoms with Crippen LogP contribution in [0.4, 0.5) is 0 Å². The average molecular weight is 240 g/mol. The lowest BCUT2D eigenvalue weighted by Gasteiger charge is -2.02. The molecule has 0 saturated carbocycles. The van der Waals surface area contributed by atoms with Crippen molar-refractivity contribution in [2.45, 2.75) is 11.6 Å². The maximum Gasteiger partial charge on any atom is 0.163 e. The Hall–Kier alpha value is -1.74. The highest BCUT2D eigenvalue weighted by Crippen LogP contribution is 2.20. The van der Waals surface area contributed by atoms with Crippen molar-refractivity contribution in [2.75, 3.05) is 0 Å². The van der Waals surface area contributed by atoms with E-state index in [1.165, 1.54) is 11.1 Å². The number of aromatic nitrogens is 2. The molecule has 3 heteroatoms. The van der Waals surface area contributed by atoms with Gasteiger partial charge in [-0.1, -0.05) is 42.5 Å². The topological polar surface area (TPSA) is 28.7 Å². The fourth-order valence-electron chi connectivity index (χ4n) is 2.04. The number of fused-ring (bicyclic) bond motifs is 1. The number of H-pyrrole nitrogens is 1. The predicted octanol–water partition coefficient (Wildman–Crippen LogP) is 3.44. The molecule has 0 aliphatic heterocycles. The van der Waals surface area contributed by atoms with E-state index in [1.807, 2.05) is 18.2 Å². The second-order valence-corrected chi connectivity index (χ2v) is 4.46. The summed E-state index contributed by atoms with van der Waals surface area (Å²) in [6, 6.07) is 16.6. The molecular formula is C14H12N2S. The van der Waals surface area contributed by atoms with Crippen LogP contribution in [0.5, 0.6) is 0 Å². The van der Waals surface area contributed by atoms with Gasteiger partial charge in [0.1, 0.15) is 0 Å². The van der Waals surface area contributed by atoms with Gasteiger partial charge in [0, 0.05) is 0 Å². The monoisotopic (exact) mass is 240 g/mol. The normalized spacial score (nSPS) is 10.9. The fraction of sp³-hybridized carbons (Fsp3) is 0.0714. The largest absolute Gasteiger partial charge is 0.333 e. The van der Waals surface area contributed by atoms with Crippen molar-refractivity contribution in [1.82, 2.24) is 9.97 Å². The first-order chi connectivity index (χ1) is 8.33. The number of benzene rings is 2. The lowest BCUT2D eigenvalue weighted by molar-refractivity contribution is 1.08. The Morgan fingerprint density at radius 2 is 1.82 bits per heavy atom. The molecule has 0 atom stereocenters. The maximum absolute atomic E-state index is 4.32. The van der Waals surface area contributed by atoms with Gasteiger partial charge in [0.15, 0.2) is 5.16 Å². The highest BCUT2D eigenvalue weighted by atomic mass is 32.1. The molecule has 17 heavy (non-hydrogen) atoms. The number of para-hydroxylation sites is 1. The van der Waals surface area contributed by atoms with Gasteiger partial charge in [-0.25, -0.2) is 4.98 Å². The van der Waals surface area contributed by atoms with Crippen LogP contribution >= 0.6 is 12.6 Å². The molecule has 1 heterocycles. The van der Waals surface area contributed by atoms with E-state index in [-0.39, 0.29) is 0 Å². The Balaban J connectivity index is 2.06. The number of nitrogens with one attached hydrogen (secondary N) is 1. The zero-order chi connectivity index (χ0) is 11.7. The number of hydrogen-bond donors (Lipinski definition) is 2. The molecule has 0 spiro atoms. The van der Waals surface area contributed by atoms with Crippen LogP contribution in [0.15, 0.2) is 53.7 Å². The molecule has 0 radical (unpaired) electrons. The lowest BCUT2D eigenvalue weighted by Crippen LogP contribution is -1.89. The standard InChI is InChI=1S/C14H12N2S/c17-14-15-12-8-4-7-11(13(12)16-14)9-10-5-2-1-3-6-10/h1-8H,9H2,(H2,15,16,17). The van der Waals surface area contributed by atoms with E-state index in [2.05, 4.69) is 52.9 Å². The number of thiol groups is 1. The SMILES string of the molecule is Sc1nc2cccc(Cc3ccccc3)c2[nH]1. The first-order valence-corrected chi connectivity index (χ1v) is 5.98. The van der Waals surface area contributed by atoms with Gasteiger partial charge in [-0.15, -0.1) is 12.6 Å². The average Bonchev–Trinajstić information content (AvgIpc) is 2.72. The van der Waals surface area contributed by atoms with Gasteiger partial charge in [-0.3, -0.25) is 0 Å². The van der Waals surface area contributed by atoms with Gasteiger partial charge >= 0.3 is 0 Å². The molecule has 84 valence electrons. The number of rotatable bonds is 2. The van der Waals surface area contributed by atoms with E-state index in [9.17, 15) is 0 Å². The third-order valence-electron chi connectivity index (χ3n) is 2.83. The van der Waals surface area contributed by atoms with Crippen LogP contribution in [0.1, 0.15) is 11.1 Å². The van der Waals surface area contributed by atoms with Crippen LogP contribution in [0.25, 0.3) is 11.0 Å². The van der Waals surface area contributed by atoms with E-state index < -0.39 is 0 Å². The molecule has 2 aromatic carbocycles. The number of hydrogen-bond acceptors (Lipinski definition) is 2. The van der Waals surface area contributed by atoms with E-state index in [0.29, 0.717) is 5.16 Å². The van der Waals surface area contributed by atoms with Gasteiger partial charge in [0.25, 0.3) is 0 Å². The fourth-order valence-corrected chi connectivity index (χ4v) is 2.26. The number of nitrogens with zero attached hydrogens (tertiary/aromatic N) is 1. The Labute approximate surface area is 105 Å². The Morgan fingerprint density at radius 3 is 2.65 bits per heavy atom. The van der Waals surface area contributed by atoms with Crippen molar-refractivity contribution in [3.05, 3.63) is 59.7 Å². The highest BCUT2D eigenvalue weighted by Gasteiger charge is 2.05. The Bertz CT molecular complexity index is 644. The van der Waals surface area contributed by atoms with Gasteiger partial charge in [-0.05, 0) is 23.6 Å². The summed E-state index contributed by atoms with van der Waals surface area (Å²) in [5, 5.41) is 0.667. The first-order valence-electron chi connectivity index (χ1n) is 5.53. The molecule has 0 amide bonds. The molecule has 0 unspecified atom stereocenters. The minimum Gasteiger partial charge on any atom is -0.333 e.